The van der Waals surface area contributed by atoms with Gasteiger partial charge in [-0.2, -0.15) is 0 Å². The smallest absolute Gasteiger partial charge is 0.307 e. The summed E-state index contributed by atoms with van der Waals surface area (Å²) in [5.41, 5.74) is -0.0694. The number of carbonyl (C=O) groups excluding carboxylic acids is 1. The van der Waals surface area contributed by atoms with E-state index in [-0.39, 0.29) is 11.7 Å². The van der Waals surface area contributed by atoms with E-state index >= 15 is 0 Å². The van der Waals surface area contributed by atoms with E-state index in [0.29, 0.717) is 0 Å². The standard InChI is InChI=1S/C5H9Br3O2Si/c1-3-5(10-4(2)9)11(6,7)8/h5H,3H2,1-2H3. The third kappa shape index (κ3) is 5.38. The zero-order valence-electron chi connectivity index (χ0n) is 6.23. The van der Waals surface area contributed by atoms with Gasteiger partial charge in [0.15, 0.2) is 0 Å². The third-order valence-corrected chi connectivity index (χ3v) is 6.90. The Morgan fingerprint density at radius 3 is 2.09 bits per heavy atom. The van der Waals surface area contributed by atoms with Crippen LogP contribution in [0.15, 0.2) is 0 Å². The molecule has 0 aromatic heterocycles. The normalized spacial score (nSPS) is 14.3. The lowest BCUT2D eigenvalue weighted by molar-refractivity contribution is -0.142. The van der Waals surface area contributed by atoms with Gasteiger partial charge in [0, 0.05) is 6.92 Å². The molecule has 1 unspecified atom stereocenters. The van der Waals surface area contributed by atoms with Crippen molar-refractivity contribution in [2.75, 3.05) is 0 Å². The molecule has 0 heterocycles. The van der Waals surface area contributed by atoms with Gasteiger partial charge in [-0.15, -0.1) is 0 Å². The highest BCUT2D eigenvalue weighted by molar-refractivity contribution is 9.72. The quantitative estimate of drug-likeness (QED) is 0.435. The van der Waals surface area contributed by atoms with Gasteiger partial charge in [-0.1, -0.05) is 52.8 Å². The molecule has 1 atom stereocenters. The average Bonchev–Trinajstić information content (AvgIpc) is 1.79. The van der Waals surface area contributed by atoms with E-state index in [0.717, 1.165) is 6.42 Å². The fraction of sp³-hybridized carbons (Fsp3) is 0.800. The summed E-state index contributed by atoms with van der Waals surface area (Å²) in [5.74, 6) is -0.243. The van der Waals surface area contributed by atoms with Crippen molar-refractivity contribution >= 4 is 55.8 Å². The molecule has 0 spiro atoms. The number of carbonyl (C=O) groups is 1. The van der Waals surface area contributed by atoms with Gasteiger partial charge in [0.1, 0.15) is 5.73 Å². The highest BCUT2D eigenvalue weighted by atomic mass is 80.0. The molecule has 0 aliphatic heterocycles. The first-order chi connectivity index (χ1) is 4.88. The summed E-state index contributed by atoms with van der Waals surface area (Å²) >= 11 is 10.3. The molecule has 0 saturated carbocycles. The second-order valence-electron chi connectivity index (χ2n) is 2.05. The number of hydrogen-bond donors (Lipinski definition) is 0. The Labute approximate surface area is 90.8 Å². The Hall–Kier alpha value is 1.13. The van der Waals surface area contributed by atoms with E-state index < -0.39 is 3.93 Å². The van der Waals surface area contributed by atoms with Gasteiger partial charge >= 0.3 is 9.90 Å². The first kappa shape index (κ1) is 12.1. The Balaban J connectivity index is 4.07. The molecular formula is C5H9Br3O2Si. The van der Waals surface area contributed by atoms with Crippen LogP contribution in [0.1, 0.15) is 20.3 Å². The molecule has 11 heavy (non-hydrogen) atoms. The lowest BCUT2D eigenvalue weighted by Gasteiger charge is -2.21. The van der Waals surface area contributed by atoms with E-state index in [1.165, 1.54) is 6.92 Å². The van der Waals surface area contributed by atoms with Crippen LogP contribution in [0.2, 0.25) is 0 Å². The van der Waals surface area contributed by atoms with Crippen LogP contribution in [0, 0.1) is 0 Å². The summed E-state index contributed by atoms with van der Waals surface area (Å²) < 4.78 is 3.19. The van der Waals surface area contributed by atoms with Gasteiger partial charge in [0.25, 0.3) is 0 Å². The van der Waals surface area contributed by atoms with Gasteiger partial charge in [-0.05, 0) is 6.42 Å². The maximum atomic E-state index is 10.6. The third-order valence-electron chi connectivity index (χ3n) is 1.04. The maximum Gasteiger partial charge on any atom is 0.307 e. The molecule has 0 saturated heterocycles. The summed E-state index contributed by atoms with van der Waals surface area (Å²) in [5, 5.41) is 0. The minimum Gasteiger partial charge on any atom is -0.463 e. The van der Waals surface area contributed by atoms with Crippen molar-refractivity contribution in [2.45, 2.75) is 26.0 Å². The Kier molecular flexibility index (Phi) is 5.50. The predicted molar refractivity (Wildman–Crippen MR) is 58.4 cm³/mol. The largest absolute Gasteiger partial charge is 0.463 e. The van der Waals surface area contributed by atoms with Gasteiger partial charge in [0.2, 0.25) is 0 Å². The number of esters is 1. The second kappa shape index (κ2) is 4.99. The molecule has 0 N–H and O–H groups in total. The second-order valence-corrected chi connectivity index (χ2v) is 24.6. The van der Waals surface area contributed by atoms with E-state index in [4.69, 9.17) is 4.74 Å². The van der Waals surface area contributed by atoms with Crippen molar-refractivity contribution < 1.29 is 9.53 Å². The van der Waals surface area contributed by atoms with E-state index in [2.05, 4.69) is 45.9 Å². The van der Waals surface area contributed by atoms with Crippen LogP contribution in [0.4, 0.5) is 0 Å². The SMILES string of the molecule is CCC(OC(C)=O)[Si](Br)(Br)Br. The van der Waals surface area contributed by atoms with Gasteiger partial charge in [-0.25, -0.2) is 0 Å². The molecule has 0 aromatic rings. The summed E-state index contributed by atoms with van der Waals surface area (Å²) in [6, 6.07) is 0. The van der Waals surface area contributed by atoms with E-state index in [9.17, 15) is 4.79 Å². The fourth-order valence-electron chi connectivity index (χ4n) is 0.582. The minimum atomic E-state index is -1.85. The molecule has 0 radical (unpaired) electrons. The van der Waals surface area contributed by atoms with Crippen LogP contribution in [0.25, 0.3) is 0 Å². The molecule has 0 aliphatic rings. The molecule has 0 amide bonds. The lowest BCUT2D eigenvalue weighted by Crippen LogP contribution is -2.33. The Morgan fingerprint density at radius 1 is 1.55 bits per heavy atom. The topological polar surface area (TPSA) is 26.3 Å². The van der Waals surface area contributed by atoms with Gasteiger partial charge in [-0.3, -0.25) is 4.79 Å². The van der Waals surface area contributed by atoms with Crippen molar-refractivity contribution in [3.05, 3.63) is 0 Å². The monoisotopic (exact) mass is 366 g/mol. The summed E-state index contributed by atoms with van der Waals surface area (Å²) in [6.07, 6.45) is 0.799. The van der Waals surface area contributed by atoms with Crippen molar-refractivity contribution in [3.8, 4) is 0 Å². The molecule has 66 valence electrons. The number of ether oxygens (including phenoxy) is 1. The zero-order chi connectivity index (χ0) is 9.07. The van der Waals surface area contributed by atoms with E-state index in [1.807, 2.05) is 6.92 Å². The molecule has 6 heteroatoms. The van der Waals surface area contributed by atoms with Crippen LogP contribution in [-0.2, 0) is 9.53 Å². The first-order valence-corrected chi connectivity index (χ1v) is 12.0. The summed E-state index contributed by atoms with van der Waals surface area (Å²) in [7, 11) is 0. The molecule has 0 bridgehead atoms. The van der Waals surface area contributed by atoms with Crippen LogP contribution < -0.4 is 0 Å². The molecule has 0 fully saturated rings. The average molecular weight is 369 g/mol. The Morgan fingerprint density at radius 2 is 2.00 bits per heavy atom. The van der Waals surface area contributed by atoms with Crippen LogP contribution in [0.3, 0.4) is 0 Å². The minimum absolute atomic E-state index is 0.0694. The molecular weight excluding hydrogens is 360 g/mol. The Bertz CT molecular complexity index is 145. The van der Waals surface area contributed by atoms with Crippen molar-refractivity contribution in [2.24, 2.45) is 0 Å². The van der Waals surface area contributed by atoms with E-state index in [1.54, 1.807) is 0 Å². The molecule has 0 rings (SSSR count). The molecule has 2 nitrogen and oxygen atoms in total. The number of hydrogen-bond acceptors (Lipinski definition) is 2. The highest BCUT2D eigenvalue weighted by Crippen LogP contribution is 2.34. The lowest BCUT2D eigenvalue weighted by atomic mass is 10.5. The highest BCUT2D eigenvalue weighted by Gasteiger charge is 2.35. The first-order valence-electron chi connectivity index (χ1n) is 3.11. The van der Waals surface area contributed by atoms with Crippen molar-refractivity contribution in [1.82, 2.24) is 0 Å². The molecule has 0 aromatic carbocycles. The number of rotatable bonds is 3. The van der Waals surface area contributed by atoms with Crippen molar-refractivity contribution in [3.63, 3.8) is 0 Å². The maximum absolute atomic E-state index is 10.6. The number of halogens is 3. The van der Waals surface area contributed by atoms with Crippen LogP contribution in [-0.4, -0.2) is 15.6 Å². The van der Waals surface area contributed by atoms with Crippen molar-refractivity contribution in [1.29, 1.82) is 0 Å². The zero-order valence-corrected chi connectivity index (χ0v) is 12.0. The van der Waals surface area contributed by atoms with Crippen LogP contribution >= 0.6 is 45.9 Å². The fourth-order valence-corrected chi connectivity index (χ4v) is 5.10. The van der Waals surface area contributed by atoms with Gasteiger partial charge in [0.05, 0.1) is 0 Å². The van der Waals surface area contributed by atoms with Crippen LogP contribution in [0.5, 0.6) is 0 Å². The summed E-state index contributed by atoms with van der Waals surface area (Å²) in [4.78, 5) is 10.6. The predicted octanol–water partition coefficient (Wildman–Crippen LogP) is 2.99. The molecule has 0 aliphatic carbocycles. The van der Waals surface area contributed by atoms with Gasteiger partial charge < -0.3 is 4.74 Å². The summed E-state index contributed by atoms with van der Waals surface area (Å²) in [6.45, 7) is 3.38.